The summed E-state index contributed by atoms with van der Waals surface area (Å²) in [6.07, 6.45) is 0.705. The summed E-state index contributed by atoms with van der Waals surface area (Å²) in [5.74, 6) is 0.182. The molecule has 3 N–H and O–H groups in total. The second kappa shape index (κ2) is 4.64. The molecular weight excluding hydrogens is 252 g/mol. The first-order chi connectivity index (χ1) is 8.34. The van der Waals surface area contributed by atoms with E-state index in [4.69, 9.17) is 5.73 Å². The van der Waals surface area contributed by atoms with Gasteiger partial charge < -0.3 is 5.73 Å². The summed E-state index contributed by atoms with van der Waals surface area (Å²) in [5.41, 5.74) is 7.04. The van der Waals surface area contributed by atoms with Gasteiger partial charge in [0.25, 0.3) is 0 Å². The molecule has 1 saturated heterocycles. The zero-order valence-corrected chi connectivity index (χ0v) is 11.8. The summed E-state index contributed by atoms with van der Waals surface area (Å²) in [5, 5.41) is 6.68. The van der Waals surface area contributed by atoms with Gasteiger partial charge in [0.2, 0.25) is 10.0 Å². The van der Waals surface area contributed by atoms with E-state index in [0.717, 1.165) is 0 Å². The summed E-state index contributed by atoms with van der Waals surface area (Å²) in [6, 6.07) is 0.0861. The van der Waals surface area contributed by atoms with Gasteiger partial charge >= 0.3 is 0 Å². The Morgan fingerprint density at radius 3 is 2.61 bits per heavy atom. The lowest BCUT2D eigenvalue weighted by molar-refractivity contribution is 0.250. The zero-order valence-electron chi connectivity index (χ0n) is 11.0. The Kier molecular flexibility index (Phi) is 3.48. The first-order valence-electron chi connectivity index (χ1n) is 6.11. The van der Waals surface area contributed by atoms with Crippen molar-refractivity contribution in [2.45, 2.75) is 38.1 Å². The number of nitrogens with zero attached hydrogens (tertiary/aromatic N) is 2. The second-order valence-electron chi connectivity index (χ2n) is 5.06. The maximum absolute atomic E-state index is 12.6. The zero-order chi connectivity index (χ0) is 13.5. The lowest BCUT2D eigenvalue weighted by Crippen LogP contribution is -2.48. The van der Waals surface area contributed by atoms with E-state index in [1.165, 1.54) is 4.31 Å². The average molecular weight is 272 g/mol. The van der Waals surface area contributed by atoms with Crippen LogP contribution in [0.3, 0.4) is 0 Å². The van der Waals surface area contributed by atoms with Crippen LogP contribution in [0.4, 0.5) is 0 Å². The highest BCUT2D eigenvalue weighted by atomic mass is 32.2. The van der Waals surface area contributed by atoms with E-state index in [1.54, 1.807) is 13.8 Å². The van der Waals surface area contributed by atoms with Crippen molar-refractivity contribution in [3.05, 3.63) is 11.4 Å². The maximum atomic E-state index is 12.6. The molecule has 2 unspecified atom stereocenters. The van der Waals surface area contributed by atoms with Gasteiger partial charge in [-0.05, 0) is 26.2 Å². The Morgan fingerprint density at radius 2 is 2.11 bits per heavy atom. The second-order valence-corrected chi connectivity index (χ2v) is 6.93. The summed E-state index contributed by atoms with van der Waals surface area (Å²) < 4.78 is 26.7. The Morgan fingerprint density at radius 1 is 1.44 bits per heavy atom. The number of H-pyrrole nitrogens is 1. The van der Waals surface area contributed by atoms with E-state index in [0.29, 0.717) is 35.8 Å². The van der Waals surface area contributed by atoms with Gasteiger partial charge in [-0.25, -0.2) is 8.42 Å². The minimum absolute atomic E-state index is 0.0861. The molecule has 0 saturated carbocycles. The normalized spacial score (nSPS) is 26.4. The van der Waals surface area contributed by atoms with Crippen LogP contribution >= 0.6 is 0 Å². The summed E-state index contributed by atoms with van der Waals surface area (Å²) in [6.45, 7) is 6.38. The maximum Gasteiger partial charge on any atom is 0.246 e. The minimum atomic E-state index is -3.45. The first-order valence-corrected chi connectivity index (χ1v) is 7.55. The van der Waals surface area contributed by atoms with Gasteiger partial charge in [0, 0.05) is 19.1 Å². The van der Waals surface area contributed by atoms with Crippen LogP contribution in [0.5, 0.6) is 0 Å². The fraction of sp³-hybridized carbons (Fsp3) is 0.727. The Hall–Kier alpha value is -0.920. The Balaban J connectivity index is 2.33. The van der Waals surface area contributed by atoms with E-state index >= 15 is 0 Å². The molecule has 7 heteroatoms. The van der Waals surface area contributed by atoms with Crippen molar-refractivity contribution in [2.24, 2.45) is 11.7 Å². The van der Waals surface area contributed by atoms with Crippen LogP contribution in [0.1, 0.15) is 24.7 Å². The van der Waals surface area contributed by atoms with Gasteiger partial charge in [-0.3, -0.25) is 5.10 Å². The molecule has 1 aliphatic rings. The van der Waals surface area contributed by atoms with Crippen LogP contribution in [0.2, 0.25) is 0 Å². The summed E-state index contributed by atoms with van der Waals surface area (Å²) in [4.78, 5) is 0.310. The number of nitrogens with one attached hydrogen (secondary N) is 1. The fourth-order valence-corrected chi connectivity index (χ4v) is 4.28. The highest BCUT2D eigenvalue weighted by molar-refractivity contribution is 7.89. The smallest absolute Gasteiger partial charge is 0.246 e. The topological polar surface area (TPSA) is 92.1 Å². The van der Waals surface area contributed by atoms with E-state index in [2.05, 4.69) is 10.2 Å². The predicted octanol–water partition coefficient (Wildman–Crippen LogP) is 0.384. The molecule has 1 aromatic rings. The SMILES string of the molecule is Cc1n[nH]c(C)c1S(=O)(=O)N1CCC(N)C(C)C1. The molecule has 0 radical (unpaired) electrons. The molecule has 6 nitrogen and oxygen atoms in total. The third-order valence-electron chi connectivity index (χ3n) is 3.59. The molecule has 0 aliphatic carbocycles. The molecule has 0 spiro atoms. The molecule has 18 heavy (non-hydrogen) atoms. The van der Waals surface area contributed by atoms with Gasteiger partial charge in [0.05, 0.1) is 11.4 Å². The van der Waals surface area contributed by atoms with Gasteiger partial charge in [-0.2, -0.15) is 9.40 Å². The predicted molar refractivity (Wildman–Crippen MR) is 68.6 cm³/mol. The van der Waals surface area contributed by atoms with Crippen LogP contribution < -0.4 is 5.73 Å². The highest BCUT2D eigenvalue weighted by Crippen LogP contribution is 2.26. The molecule has 0 bridgehead atoms. The van der Waals surface area contributed by atoms with Crippen LogP contribution in [0.25, 0.3) is 0 Å². The molecule has 102 valence electrons. The standard InChI is InChI=1S/C11H20N4O2S/c1-7-6-15(5-4-10(7)12)18(16,17)11-8(2)13-14-9(11)3/h7,10H,4-6,12H2,1-3H3,(H,13,14). The molecule has 0 aromatic carbocycles. The van der Waals surface area contributed by atoms with Crippen LogP contribution in [-0.4, -0.2) is 42.1 Å². The van der Waals surface area contributed by atoms with Crippen molar-refractivity contribution in [3.63, 3.8) is 0 Å². The minimum Gasteiger partial charge on any atom is -0.327 e. The van der Waals surface area contributed by atoms with Gasteiger partial charge in [-0.1, -0.05) is 6.92 Å². The van der Waals surface area contributed by atoms with Gasteiger partial charge in [0.15, 0.2) is 0 Å². The van der Waals surface area contributed by atoms with E-state index in [9.17, 15) is 8.42 Å². The fourth-order valence-electron chi connectivity index (χ4n) is 2.39. The number of aromatic amines is 1. The van der Waals surface area contributed by atoms with Crippen LogP contribution in [0, 0.1) is 19.8 Å². The van der Waals surface area contributed by atoms with Crippen molar-refractivity contribution in [2.75, 3.05) is 13.1 Å². The monoisotopic (exact) mass is 272 g/mol. The quantitative estimate of drug-likeness (QED) is 0.814. The molecule has 1 aromatic heterocycles. The first kappa shape index (κ1) is 13.5. The number of hydrogen-bond acceptors (Lipinski definition) is 4. The number of aryl methyl sites for hydroxylation is 2. The highest BCUT2D eigenvalue weighted by Gasteiger charge is 2.34. The van der Waals surface area contributed by atoms with Gasteiger partial charge in [0.1, 0.15) is 4.90 Å². The summed E-state index contributed by atoms with van der Waals surface area (Å²) >= 11 is 0. The van der Waals surface area contributed by atoms with Crippen LogP contribution in [-0.2, 0) is 10.0 Å². The van der Waals surface area contributed by atoms with E-state index < -0.39 is 10.0 Å². The number of rotatable bonds is 2. The lowest BCUT2D eigenvalue weighted by atomic mass is 9.96. The van der Waals surface area contributed by atoms with Crippen molar-refractivity contribution in [1.29, 1.82) is 0 Å². The van der Waals surface area contributed by atoms with Crippen molar-refractivity contribution in [3.8, 4) is 0 Å². The van der Waals surface area contributed by atoms with Crippen molar-refractivity contribution in [1.82, 2.24) is 14.5 Å². The van der Waals surface area contributed by atoms with Gasteiger partial charge in [-0.15, -0.1) is 0 Å². The van der Waals surface area contributed by atoms with Crippen LogP contribution in [0.15, 0.2) is 4.90 Å². The Bertz CT molecular complexity index is 518. The number of nitrogens with two attached hydrogens (primary N) is 1. The number of hydrogen-bond donors (Lipinski definition) is 2. The van der Waals surface area contributed by atoms with E-state index in [1.807, 2.05) is 6.92 Å². The Labute approximate surface area is 108 Å². The average Bonchev–Trinajstić information content (AvgIpc) is 2.62. The largest absolute Gasteiger partial charge is 0.327 e. The third-order valence-corrected chi connectivity index (χ3v) is 5.72. The van der Waals surface area contributed by atoms with E-state index in [-0.39, 0.29) is 12.0 Å². The molecule has 0 amide bonds. The summed E-state index contributed by atoms with van der Waals surface area (Å²) in [7, 11) is -3.45. The number of piperidine rings is 1. The molecular formula is C11H20N4O2S. The molecule has 1 fully saturated rings. The third kappa shape index (κ3) is 2.17. The molecule has 2 atom stereocenters. The van der Waals surface area contributed by atoms with Crippen molar-refractivity contribution < 1.29 is 8.42 Å². The molecule has 1 aliphatic heterocycles. The molecule has 2 heterocycles. The number of aromatic nitrogens is 2. The lowest BCUT2D eigenvalue weighted by Gasteiger charge is -2.34. The van der Waals surface area contributed by atoms with Crippen molar-refractivity contribution >= 4 is 10.0 Å². The number of sulfonamides is 1. The molecule has 2 rings (SSSR count).